The number of nitrogens with zero attached hydrogens (tertiary/aromatic N) is 5. The molecule has 0 aliphatic carbocycles. The van der Waals surface area contributed by atoms with E-state index >= 15 is 0 Å². The maximum atomic E-state index is 12.3. The maximum Gasteiger partial charge on any atom is 0.573 e. The Morgan fingerprint density at radius 2 is 1.75 bits per heavy atom. The normalized spacial score (nSPS) is 11.3. The van der Waals surface area contributed by atoms with Crippen molar-refractivity contribution in [2.75, 3.05) is 29.1 Å². The van der Waals surface area contributed by atoms with Gasteiger partial charge in [-0.2, -0.15) is 4.68 Å². The average molecular weight is 466 g/mol. The number of hydrogen-bond acceptors (Lipinski definition) is 7. The molecule has 0 saturated carbocycles. The number of thioether (sulfide) groups is 1. The summed E-state index contributed by atoms with van der Waals surface area (Å²) in [6, 6.07) is 12.7. The number of carbonyl (C=O) groups is 1. The molecule has 1 heterocycles. The molecule has 0 spiro atoms. The first kappa shape index (κ1) is 23.4. The molecule has 1 N–H and O–H groups in total. The second kappa shape index (κ2) is 10.4. The summed E-state index contributed by atoms with van der Waals surface area (Å²) in [6.07, 6.45) is -4.77. The zero-order valence-electron chi connectivity index (χ0n) is 17.3. The van der Waals surface area contributed by atoms with E-state index in [4.69, 9.17) is 0 Å². The molecule has 0 radical (unpaired) electrons. The highest BCUT2D eigenvalue weighted by molar-refractivity contribution is 7.99. The zero-order valence-corrected chi connectivity index (χ0v) is 18.2. The number of benzene rings is 2. The number of nitrogens with one attached hydrogen (secondary N) is 1. The molecule has 3 rings (SSSR count). The number of tetrazole rings is 1. The van der Waals surface area contributed by atoms with Crippen LogP contribution >= 0.6 is 11.8 Å². The van der Waals surface area contributed by atoms with Crippen LogP contribution in [0.25, 0.3) is 5.69 Å². The summed E-state index contributed by atoms with van der Waals surface area (Å²) < 4.78 is 42.1. The van der Waals surface area contributed by atoms with Crippen molar-refractivity contribution in [2.24, 2.45) is 0 Å². The van der Waals surface area contributed by atoms with Crippen LogP contribution in [0.5, 0.6) is 5.75 Å². The van der Waals surface area contributed by atoms with Gasteiger partial charge < -0.3 is 15.0 Å². The molecule has 0 saturated heterocycles. The molecule has 32 heavy (non-hydrogen) atoms. The number of anilines is 2. The Morgan fingerprint density at radius 3 is 2.34 bits per heavy atom. The molecule has 1 aromatic heterocycles. The van der Waals surface area contributed by atoms with Gasteiger partial charge in [-0.1, -0.05) is 11.8 Å². The van der Waals surface area contributed by atoms with Crippen molar-refractivity contribution in [1.82, 2.24) is 20.2 Å². The minimum Gasteiger partial charge on any atom is -0.406 e. The first-order valence-electron chi connectivity index (χ1n) is 9.71. The third-order valence-corrected chi connectivity index (χ3v) is 5.29. The van der Waals surface area contributed by atoms with Gasteiger partial charge in [0.2, 0.25) is 11.1 Å². The number of aromatic nitrogens is 4. The van der Waals surface area contributed by atoms with Gasteiger partial charge in [-0.25, -0.2) is 0 Å². The van der Waals surface area contributed by atoms with Crippen LogP contribution in [-0.4, -0.2) is 51.3 Å². The first-order valence-corrected chi connectivity index (χ1v) is 10.7. The third-order valence-electron chi connectivity index (χ3n) is 4.37. The zero-order chi connectivity index (χ0) is 23.1. The first-order chi connectivity index (χ1) is 15.3. The highest BCUT2D eigenvalue weighted by atomic mass is 32.2. The van der Waals surface area contributed by atoms with Crippen molar-refractivity contribution in [3.8, 4) is 11.4 Å². The minimum atomic E-state index is -4.77. The molecule has 0 aliphatic heterocycles. The van der Waals surface area contributed by atoms with Crippen LogP contribution in [0.15, 0.2) is 53.7 Å². The predicted molar refractivity (Wildman–Crippen MR) is 115 cm³/mol. The molecule has 0 atom stereocenters. The lowest BCUT2D eigenvalue weighted by Crippen LogP contribution is -2.21. The SMILES string of the molecule is CCN(CC)c1ccc(NC(=O)CSc2nnnn2-c2ccc(OC(F)(F)F)cc2)cc1. The highest BCUT2D eigenvalue weighted by Gasteiger charge is 2.31. The Morgan fingerprint density at radius 1 is 1.09 bits per heavy atom. The molecule has 0 fully saturated rings. The fourth-order valence-corrected chi connectivity index (χ4v) is 3.58. The van der Waals surface area contributed by atoms with Gasteiger partial charge in [0, 0.05) is 24.5 Å². The number of alkyl halides is 3. The molecule has 1 amide bonds. The Labute approximate surface area is 186 Å². The molecule has 8 nitrogen and oxygen atoms in total. The number of amides is 1. The molecule has 12 heteroatoms. The Balaban J connectivity index is 1.58. The maximum absolute atomic E-state index is 12.3. The van der Waals surface area contributed by atoms with E-state index in [1.807, 2.05) is 24.3 Å². The van der Waals surface area contributed by atoms with E-state index in [2.05, 4.69) is 44.3 Å². The topological polar surface area (TPSA) is 85.2 Å². The van der Waals surface area contributed by atoms with E-state index in [9.17, 15) is 18.0 Å². The number of hydrogen-bond donors (Lipinski definition) is 1. The lowest BCUT2D eigenvalue weighted by Gasteiger charge is -2.21. The third kappa shape index (κ3) is 6.36. The summed E-state index contributed by atoms with van der Waals surface area (Å²) in [5.74, 6) is -0.544. The van der Waals surface area contributed by atoms with Crippen LogP contribution in [-0.2, 0) is 4.79 Å². The largest absolute Gasteiger partial charge is 0.573 e. The van der Waals surface area contributed by atoms with Gasteiger partial charge in [0.25, 0.3) is 0 Å². The molecule has 0 bridgehead atoms. The number of halogens is 3. The minimum absolute atomic E-state index is 0.0490. The molecule has 0 unspecified atom stereocenters. The summed E-state index contributed by atoms with van der Waals surface area (Å²) >= 11 is 1.10. The Bertz CT molecular complexity index is 1020. The van der Waals surface area contributed by atoms with E-state index < -0.39 is 6.36 Å². The van der Waals surface area contributed by atoms with Crippen LogP contribution in [0.1, 0.15) is 13.8 Å². The van der Waals surface area contributed by atoms with E-state index in [0.29, 0.717) is 16.5 Å². The van der Waals surface area contributed by atoms with Crippen molar-refractivity contribution >= 4 is 29.0 Å². The summed E-state index contributed by atoms with van der Waals surface area (Å²) in [5.41, 5.74) is 2.18. The van der Waals surface area contributed by atoms with Gasteiger partial charge in [0.05, 0.1) is 11.4 Å². The fraction of sp³-hybridized carbons (Fsp3) is 0.300. The second-order valence-electron chi connectivity index (χ2n) is 6.47. The molecule has 3 aromatic rings. The van der Waals surface area contributed by atoms with Crippen molar-refractivity contribution in [3.63, 3.8) is 0 Å². The van der Waals surface area contributed by atoms with Gasteiger partial charge in [0.1, 0.15) is 5.75 Å². The van der Waals surface area contributed by atoms with Crippen molar-refractivity contribution in [2.45, 2.75) is 25.4 Å². The number of rotatable bonds is 9. The van der Waals surface area contributed by atoms with Crippen LogP contribution in [0, 0.1) is 0 Å². The lowest BCUT2D eigenvalue weighted by molar-refractivity contribution is -0.274. The van der Waals surface area contributed by atoms with Gasteiger partial charge in [-0.3, -0.25) is 4.79 Å². The van der Waals surface area contributed by atoms with Crippen LogP contribution < -0.4 is 15.0 Å². The van der Waals surface area contributed by atoms with Crippen molar-refractivity contribution < 1.29 is 22.7 Å². The van der Waals surface area contributed by atoms with Gasteiger partial charge >= 0.3 is 6.36 Å². The van der Waals surface area contributed by atoms with E-state index in [1.54, 1.807) is 0 Å². The second-order valence-corrected chi connectivity index (χ2v) is 7.41. The quantitative estimate of drug-likeness (QED) is 0.475. The predicted octanol–water partition coefficient (Wildman–Crippen LogP) is 4.14. The van der Waals surface area contributed by atoms with Crippen molar-refractivity contribution in [1.29, 1.82) is 0 Å². The molecule has 2 aromatic carbocycles. The van der Waals surface area contributed by atoms with E-state index in [0.717, 1.165) is 42.7 Å². The van der Waals surface area contributed by atoms with Crippen LogP contribution in [0.2, 0.25) is 0 Å². The molecular formula is C20H21F3N6O2S. The average Bonchev–Trinajstić information content (AvgIpc) is 3.22. The monoisotopic (exact) mass is 466 g/mol. The molecule has 170 valence electrons. The smallest absolute Gasteiger partial charge is 0.406 e. The van der Waals surface area contributed by atoms with E-state index in [-0.39, 0.29) is 17.4 Å². The lowest BCUT2D eigenvalue weighted by atomic mass is 10.2. The summed E-state index contributed by atoms with van der Waals surface area (Å²) in [5, 5.41) is 14.4. The number of carbonyl (C=O) groups excluding carboxylic acids is 1. The van der Waals surface area contributed by atoms with Crippen molar-refractivity contribution in [3.05, 3.63) is 48.5 Å². The Hall–Kier alpha value is -3.28. The van der Waals surface area contributed by atoms with Crippen LogP contribution in [0.3, 0.4) is 0 Å². The summed E-state index contributed by atoms with van der Waals surface area (Å²) in [6.45, 7) is 5.95. The fourth-order valence-electron chi connectivity index (χ4n) is 2.89. The van der Waals surface area contributed by atoms with E-state index in [1.165, 1.54) is 16.8 Å². The van der Waals surface area contributed by atoms with Gasteiger partial charge in [0.15, 0.2) is 0 Å². The van der Waals surface area contributed by atoms with Crippen LogP contribution in [0.4, 0.5) is 24.5 Å². The van der Waals surface area contributed by atoms with Gasteiger partial charge in [-0.15, -0.1) is 18.3 Å². The standard InChI is InChI=1S/C20H21F3N6O2S/c1-3-28(4-2)15-7-5-14(6-8-15)24-18(30)13-32-19-25-26-27-29(19)16-9-11-17(12-10-16)31-20(21,22)23/h5-12H,3-4,13H2,1-2H3,(H,24,30). The number of ether oxygens (including phenoxy) is 1. The summed E-state index contributed by atoms with van der Waals surface area (Å²) in [4.78, 5) is 14.5. The highest BCUT2D eigenvalue weighted by Crippen LogP contribution is 2.25. The van der Waals surface area contributed by atoms with Gasteiger partial charge in [-0.05, 0) is 72.8 Å². The Kier molecular flexibility index (Phi) is 7.57. The summed E-state index contributed by atoms with van der Waals surface area (Å²) in [7, 11) is 0. The molecule has 0 aliphatic rings. The molecular weight excluding hydrogens is 445 g/mol.